The molecule has 4 fully saturated rings. The number of halogens is 1. The lowest BCUT2D eigenvalue weighted by atomic mass is 9.43. The van der Waals surface area contributed by atoms with Crippen molar-refractivity contribution in [3.8, 4) is 0 Å². The lowest BCUT2D eigenvalue weighted by Crippen LogP contribution is -2.70. The summed E-state index contributed by atoms with van der Waals surface area (Å²) in [5, 5.41) is 32.6. The molecule has 4 saturated carbocycles. The lowest BCUT2D eigenvalue weighted by molar-refractivity contribution is -0.190. The summed E-state index contributed by atoms with van der Waals surface area (Å²) in [5.41, 5.74) is -2.56. The van der Waals surface area contributed by atoms with Crippen LogP contribution in [-0.4, -0.2) is 49.5 Å². The van der Waals surface area contributed by atoms with Crippen LogP contribution >= 0.6 is 15.9 Å². The molecule has 0 saturated heterocycles. The van der Waals surface area contributed by atoms with Gasteiger partial charge in [0.1, 0.15) is 18.0 Å². The van der Waals surface area contributed by atoms with Crippen molar-refractivity contribution in [2.45, 2.75) is 81.7 Å². The molecule has 0 aromatic carbocycles. The van der Waals surface area contributed by atoms with Gasteiger partial charge in [-0.05, 0) is 61.2 Å². The summed E-state index contributed by atoms with van der Waals surface area (Å²) in [5.74, 6) is 0.00896. The van der Waals surface area contributed by atoms with Gasteiger partial charge in [-0.15, -0.1) is 0 Å². The maximum absolute atomic E-state index is 12.6. The molecule has 0 radical (unpaired) electrons. The van der Waals surface area contributed by atoms with Crippen molar-refractivity contribution in [3.63, 3.8) is 0 Å². The molecule has 3 N–H and O–H groups in total. The van der Waals surface area contributed by atoms with E-state index in [1.165, 1.54) is 0 Å². The smallest absolute Gasteiger partial charge is 0.190 e. The van der Waals surface area contributed by atoms with Gasteiger partial charge in [0.05, 0.1) is 10.4 Å². The van der Waals surface area contributed by atoms with E-state index in [2.05, 4.69) is 22.9 Å². The molecule has 4 aliphatic carbocycles. The number of carbonyl (C=O) groups excluding carboxylic acids is 2. The third-order valence-corrected chi connectivity index (χ3v) is 11.7. The second-order valence-electron chi connectivity index (χ2n) is 10.5. The second kappa shape index (κ2) is 6.35. The number of aliphatic hydroxyl groups is 3. The predicted octanol–water partition coefficient (Wildman–Crippen LogP) is 2.63. The Balaban J connectivity index is 1.79. The van der Waals surface area contributed by atoms with E-state index in [4.69, 9.17) is 0 Å². The van der Waals surface area contributed by atoms with Crippen LogP contribution in [0.2, 0.25) is 0 Å². The predicted molar refractivity (Wildman–Crippen MR) is 108 cm³/mol. The largest absolute Gasteiger partial charge is 0.392 e. The Labute approximate surface area is 175 Å². The zero-order chi connectivity index (χ0) is 20.7. The van der Waals surface area contributed by atoms with Crippen LogP contribution in [0.5, 0.6) is 0 Å². The Kier molecular flexibility index (Phi) is 4.75. The molecule has 9 atom stereocenters. The van der Waals surface area contributed by atoms with Gasteiger partial charge in [-0.3, -0.25) is 9.59 Å². The summed E-state index contributed by atoms with van der Waals surface area (Å²) in [4.78, 5) is 24.8. The molecule has 0 bridgehead atoms. The number of aliphatic hydroxyl groups excluding tert-OH is 2. The minimum absolute atomic E-state index is 0.0844. The second-order valence-corrected chi connectivity index (χ2v) is 11.8. The van der Waals surface area contributed by atoms with E-state index in [0.717, 1.165) is 19.3 Å². The van der Waals surface area contributed by atoms with E-state index in [1.807, 2.05) is 13.8 Å². The summed E-state index contributed by atoms with van der Waals surface area (Å²) in [6, 6.07) is 0. The van der Waals surface area contributed by atoms with Gasteiger partial charge in [-0.1, -0.05) is 36.7 Å². The number of hydrogen-bond acceptors (Lipinski definition) is 5. The maximum atomic E-state index is 12.6. The van der Waals surface area contributed by atoms with Crippen LogP contribution < -0.4 is 0 Å². The van der Waals surface area contributed by atoms with Crippen LogP contribution in [0.25, 0.3) is 0 Å². The van der Waals surface area contributed by atoms with Gasteiger partial charge in [0.25, 0.3) is 0 Å². The van der Waals surface area contributed by atoms with Gasteiger partial charge in [0.15, 0.2) is 5.78 Å². The van der Waals surface area contributed by atoms with Crippen LogP contribution in [0, 0.1) is 34.5 Å². The van der Waals surface area contributed by atoms with Gasteiger partial charge < -0.3 is 15.3 Å². The average molecular weight is 457 g/mol. The Hall–Kier alpha value is -0.300. The Morgan fingerprint density at radius 2 is 1.89 bits per heavy atom. The molecule has 158 valence electrons. The van der Waals surface area contributed by atoms with E-state index in [1.54, 1.807) is 0 Å². The van der Waals surface area contributed by atoms with E-state index < -0.39 is 33.8 Å². The van der Waals surface area contributed by atoms with Crippen LogP contribution in [0.4, 0.5) is 0 Å². The number of ketones is 2. The van der Waals surface area contributed by atoms with Crippen LogP contribution in [0.15, 0.2) is 0 Å². The number of carbonyl (C=O) groups is 2. The zero-order valence-electron chi connectivity index (χ0n) is 17.1. The van der Waals surface area contributed by atoms with Gasteiger partial charge in [-0.25, -0.2) is 0 Å². The lowest BCUT2D eigenvalue weighted by Gasteiger charge is -2.66. The molecule has 6 heteroatoms. The molecule has 0 amide bonds. The zero-order valence-corrected chi connectivity index (χ0v) is 18.7. The van der Waals surface area contributed by atoms with Gasteiger partial charge in [-0.2, -0.15) is 0 Å². The highest BCUT2D eigenvalue weighted by Crippen LogP contribution is 2.72. The van der Waals surface area contributed by atoms with Crippen LogP contribution in [0.1, 0.15) is 65.7 Å². The van der Waals surface area contributed by atoms with Crippen LogP contribution in [0.3, 0.4) is 0 Å². The monoisotopic (exact) mass is 456 g/mol. The fraction of sp³-hybridized carbons (Fsp3) is 0.909. The summed E-state index contributed by atoms with van der Waals surface area (Å²) in [6.45, 7) is 5.38. The summed E-state index contributed by atoms with van der Waals surface area (Å²) in [6.07, 6.45) is 4.06. The normalized spacial score (nSPS) is 56.0. The average Bonchev–Trinajstić information content (AvgIpc) is 2.84. The van der Waals surface area contributed by atoms with Crippen molar-refractivity contribution in [3.05, 3.63) is 0 Å². The molecule has 0 aliphatic heterocycles. The first-order valence-electron chi connectivity index (χ1n) is 10.7. The molecule has 4 aliphatic rings. The minimum Gasteiger partial charge on any atom is -0.392 e. The van der Waals surface area contributed by atoms with E-state index in [0.29, 0.717) is 31.5 Å². The van der Waals surface area contributed by atoms with Gasteiger partial charge >= 0.3 is 0 Å². The molecule has 3 unspecified atom stereocenters. The number of fused-ring (bicyclic) bond motifs is 5. The molecule has 0 aromatic rings. The summed E-state index contributed by atoms with van der Waals surface area (Å²) in [7, 11) is 0. The molecule has 0 heterocycles. The third kappa shape index (κ3) is 2.24. The summed E-state index contributed by atoms with van der Waals surface area (Å²) < 4.78 is -0.513. The number of Topliss-reactive ketones (excluding diaryl/α,β-unsaturated/α-hetero) is 2. The molecular weight excluding hydrogens is 424 g/mol. The molecule has 5 nitrogen and oxygen atoms in total. The molecule has 0 aromatic heterocycles. The standard InChI is InChI=1S/C22H33BrO5/c1-12-8-16-15-5-4-13-9-14(25)6-7-19(13,2)21(15,23)17(26)10-20(16,3)22(12,28)18(27)11-24/h12-13,15-17,24,26,28H,4-11H2,1-3H3/t12?,13?,15-,16-,17?,19-,20-,21-,22-/m0/s1. The highest BCUT2D eigenvalue weighted by molar-refractivity contribution is 9.10. The highest BCUT2D eigenvalue weighted by atomic mass is 79.9. The topological polar surface area (TPSA) is 94.8 Å². The fourth-order valence-electron chi connectivity index (χ4n) is 8.10. The first-order chi connectivity index (χ1) is 13.0. The summed E-state index contributed by atoms with van der Waals surface area (Å²) >= 11 is 4.05. The first-order valence-corrected chi connectivity index (χ1v) is 11.5. The van der Waals surface area contributed by atoms with Crippen molar-refractivity contribution in [1.82, 2.24) is 0 Å². The Morgan fingerprint density at radius 1 is 1.21 bits per heavy atom. The Morgan fingerprint density at radius 3 is 2.54 bits per heavy atom. The minimum atomic E-state index is -1.61. The van der Waals surface area contributed by atoms with E-state index in [9.17, 15) is 24.9 Å². The fourth-order valence-corrected chi connectivity index (χ4v) is 9.33. The first kappa shape index (κ1) is 21.0. The SMILES string of the molecule is CC1C[C@H]2[C@@H]3CCC4CC(=O)CC[C@]4(C)[C@@]3(Br)C(O)C[C@]2(C)[C@@]1(O)C(=O)CO. The van der Waals surface area contributed by atoms with Crippen molar-refractivity contribution >= 4 is 27.5 Å². The molecule has 4 rings (SSSR count). The van der Waals surface area contributed by atoms with Crippen molar-refractivity contribution < 1.29 is 24.9 Å². The Bertz CT molecular complexity index is 711. The number of hydrogen-bond donors (Lipinski definition) is 3. The van der Waals surface area contributed by atoms with Gasteiger partial charge in [0.2, 0.25) is 0 Å². The molecule has 0 spiro atoms. The van der Waals surface area contributed by atoms with E-state index in [-0.39, 0.29) is 29.1 Å². The van der Waals surface area contributed by atoms with Crippen LogP contribution in [-0.2, 0) is 9.59 Å². The third-order valence-electron chi connectivity index (χ3n) is 9.71. The van der Waals surface area contributed by atoms with Crippen molar-refractivity contribution in [2.75, 3.05) is 6.61 Å². The maximum Gasteiger partial charge on any atom is 0.190 e. The van der Waals surface area contributed by atoms with Crippen molar-refractivity contribution in [1.29, 1.82) is 0 Å². The quantitative estimate of drug-likeness (QED) is 0.555. The number of alkyl halides is 1. The van der Waals surface area contributed by atoms with E-state index >= 15 is 0 Å². The van der Waals surface area contributed by atoms with Gasteiger partial charge in [0, 0.05) is 18.3 Å². The van der Waals surface area contributed by atoms with Crippen molar-refractivity contribution in [2.24, 2.45) is 34.5 Å². The number of rotatable bonds is 2. The molecular formula is C22H33BrO5. The molecule has 28 heavy (non-hydrogen) atoms. The highest BCUT2D eigenvalue weighted by Gasteiger charge is 2.74.